The van der Waals surface area contributed by atoms with E-state index in [-0.39, 0.29) is 5.82 Å². The molecule has 0 radical (unpaired) electrons. The highest BCUT2D eigenvalue weighted by Gasteiger charge is 2.16. The summed E-state index contributed by atoms with van der Waals surface area (Å²) in [7, 11) is 8.05. The van der Waals surface area contributed by atoms with Crippen LogP contribution < -0.4 is 10.1 Å². The van der Waals surface area contributed by atoms with Gasteiger partial charge >= 0.3 is 0 Å². The average molecular weight is 579 g/mol. The largest absolute Gasteiger partial charge is 0.491 e. The van der Waals surface area contributed by atoms with Gasteiger partial charge in [-0.25, -0.2) is 4.39 Å². The lowest BCUT2D eigenvalue weighted by Gasteiger charge is -2.13. The van der Waals surface area contributed by atoms with E-state index in [1.807, 2.05) is 58.7 Å². The second kappa shape index (κ2) is 12.2. The van der Waals surface area contributed by atoms with Crippen molar-refractivity contribution in [3.8, 4) is 39.4 Å². The van der Waals surface area contributed by atoms with E-state index in [0.717, 1.165) is 80.0 Å². The van der Waals surface area contributed by atoms with Crippen LogP contribution in [0.15, 0.2) is 73.3 Å². The van der Waals surface area contributed by atoms with Gasteiger partial charge < -0.3 is 24.8 Å². The third kappa shape index (κ3) is 6.35. The SMILES string of the molecule is CN(C)CCNc1cc(F)cc(-c2cncc3[nH]c(-c4n[nH]c5ccc(-c6cncc(OCCN(C)C)c6)cc45)cc23)c1. The third-order valence-corrected chi connectivity index (χ3v) is 7.31. The second-order valence-corrected chi connectivity index (χ2v) is 11.2. The van der Waals surface area contributed by atoms with Crippen LogP contribution in [-0.4, -0.2) is 89.4 Å². The lowest BCUT2D eigenvalue weighted by atomic mass is 10.0. The molecule has 4 heterocycles. The van der Waals surface area contributed by atoms with Crippen LogP contribution in [0.1, 0.15) is 0 Å². The average Bonchev–Trinajstić information content (AvgIpc) is 3.60. The van der Waals surface area contributed by atoms with Gasteiger partial charge in [0.05, 0.1) is 29.1 Å². The van der Waals surface area contributed by atoms with Crippen LogP contribution in [0, 0.1) is 5.82 Å². The zero-order valence-electron chi connectivity index (χ0n) is 24.8. The first kappa shape index (κ1) is 28.3. The predicted octanol–water partition coefficient (Wildman–Crippen LogP) is 5.89. The number of ether oxygens (including phenoxy) is 1. The highest BCUT2D eigenvalue weighted by Crippen LogP contribution is 2.36. The number of hydrogen-bond donors (Lipinski definition) is 3. The molecule has 0 amide bonds. The summed E-state index contributed by atoms with van der Waals surface area (Å²) in [5.74, 6) is 0.431. The summed E-state index contributed by atoms with van der Waals surface area (Å²) in [6.07, 6.45) is 7.13. The van der Waals surface area contributed by atoms with Crippen molar-refractivity contribution in [2.45, 2.75) is 0 Å². The number of nitrogens with one attached hydrogen (secondary N) is 3. The Bertz CT molecular complexity index is 1880. The number of benzene rings is 2. The van der Waals surface area contributed by atoms with Gasteiger partial charge in [0.15, 0.2) is 0 Å². The minimum absolute atomic E-state index is 0.301. The van der Waals surface area contributed by atoms with Crippen LogP contribution in [0.2, 0.25) is 0 Å². The molecule has 0 atom stereocenters. The van der Waals surface area contributed by atoms with Crippen LogP contribution in [0.4, 0.5) is 10.1 Å². The van der Waals surface area contributed by atoms with E-state index < -0.39 is 0 Å². The lowest BCUT2D eigenvalue weighted by Crippen LogP contribution is -2.20. The van der Waals surface area contributed by atoms with Gasteiger partial charge in [0.25, 0.3) is 0 Å². The Hall–Kier alpha value is -4.80. The summed E-state index contributed by atoms with van der Waals surface area (Å²) in [5, 5.41) is 13.0. The molecule has 0 saturated heterocycles. The number of nitrogens with zero attached hydrogens (tertiary/aromatic N) is 5. The number of aromatic amines is 2. The second-order valence-electron chi connectivity index (χ2n) is 11.2. The lowest BCUT2D eigenvalue weighted by molar-refractivity contribution is 0.261. The van der Waals surface area contributed by atoms with Crippen molar-refractivity contribution in [1.29, 1.82) is 0 Å². The Morgan fingerprint density at radius 2 is 1.63 bits per heavy atom. The number of H-pyrrole nitrogens is 2. The zero-order chi connectivity index (χ0) is 29.9. The molecule has 0 fully saturated rings. The maximum absolute atomic E-state index is 14.7. The first-order valence-corrected chi connectivity index (χ1v) is 14.2. The van der Waals surface area contributed by atoms with Crippen LogP contribution in [0.25, 0.3) is 55.4 Å². The topological polar surface area (TPSA) is 98.0 Å². The third-order valence-electron chi connectivity index (χ3n) is 7.31. The number of aromatic nitrogens is 5. The fraction of sp³-hybridized carbons (Fsp3) is 0.242. The molecule has 9 nitrogen and oxygen atoms in total. The maximum atomic E-state index is 14.7. The Labute approximate surface area is 249 Å². The Kier molecular flexibility index (Phi) is 8.04. The first-order chi connectivity index (χ1) is 20.8. The van der Waals surface area contributed by atoms with Crippen LogP contribution in [-0.2, 0) is 0 Å². The minimum Gasteiger partial charge on any atom is -0.491 e. The van der Waals surface area contributed by atoms with E-state index in [0.29, 0.717) is 13.2 Å². The van der Waals surface area contributed by atoms with Crippen LogP contribution in [0.5, 0.6) is 5.75 Å². The van der Waals surface area contributed by atoms with Crippen molar-refractivity contribution in [2.24, 2.45) is 0 Å². The van der Waals surface area contributed by atoms with Gasteiger partial charge in [-0.15, -0.1) is 0 Å². The molecule has 3 N–H and O–H groups in total. The first-order valence-electron chi connectivity index (χ1n) is 14.2. The highest BCUT2D eigenvalue weighted by atomic mass is 19.1. The fourth-order valence-corrected chi connectivity index (χ4v) is 5.08. The number of anilines is 1. The van der Waals surface area contributed by atoms with Crippen molar-refractivity contribution < 1.29 is 9.13 Å². The van der Waals surface area contributed by atoms with Gasteiger partial charge in [0.2, 0.25) is 0 Å². The Balaban J connectivity index is 1.33. The molecule has 2 aromatic carbocycles. The molecule has 0 saturated carbocycles. The molecule has 0 aliphatic rings. The van der Waals surface area contributed by atoms with E-state index in [2.05, 4.69) is 52.4 Å². The zero-order valence-corrected chi connectivity index (χ0v) is 24.8. The molecule has 43 heavy (non-hydrogen) atoms. The molecule has 0 spiro atoms. The Morgan fingerprint density at radius 3 is 2.47 bits per heavy atom. The highest BCUT2D eigenvalue weighted by molar-refractivity contribution is 6.01. The molecular weight excluding hydrogens is 543 g/mol. The molecule has 0 bridgehead atoms. The van der Waals surface area contributed by atoms with E-state index in [1.54, 1.807) is 24.7 Å². The van der Waals surface area contributed by atoms with Crippen molar-refractivity contribution in [1.82, 2.24) is 34.9 Å². The van der Waals surface area contributed by atoms with E-state index in [4.69, 9.17) is 4.74 Å². The molecule has 220 valence electrons. The molecule has 0 unspecified atom stereocenters. The van der Waals surface area contributed by atoms with Crippen LogP contribution >= 0.6 is 0 Å². The number of rotatable bonds is 11. The molecule has 4 aromatic heterocycles. The molecule has 6 aromatic rings. The summed E-state index contributed by atoms with van der Waals surface area (Å²) in [6.45, 7) is 2.97. The minimum atomic E-state index is -0.301. The van der Waals surface area contributed by atoms with Crippen LogP contribution in [0.3, 0.4) is 0 Å². The van der Waals surface area contributed by atoms with E-state index in [1.165, 1.54) is 6.07 Å². The quantitative estimate of drug-likeness (QED) is 0.176. The number of fused-ring (bicyclic) bond motifs is 2. The van der Waals surface area contributed by atoms with Crippen molar-refractivity contribution in [3.05, 3.63) is 79.1 Å². The van der Waals surface area contributed by atoms with Crippen molar-refractivity contribution >= 4 is 27.5 Å². The summed E-state index contributed by atoms with van der Waals surface area (Å²) in [6, 6.07) is 15.3. The van der Waals surface area contributed by atoms with Gasteiger partial charge in [-0.05, 0) is 81.8 Å². The van der Waals surface area contributed by atoms with Gasteiger partial charge in [0.1, 0.15) is 23.9 Å². The van der Waals surface area contributed by atoms with Gasteiger partial charge in [-0.2, -0.15) is 5.10 Å². The molecule has 10 heteroatoms. The van der Waals surface area contributed by atoms with Gasteiger partial charge in [0, 0.05) is 59.6 Å². The summed E-state index contributed by atoms with van der Waals surface area (Å²) >= 11 is 0. The van der Waals surface area contributed by atoms with E-state index in [9.17, 15) is 4.39 Å². The summed E-state index contributed by atoms with van der Waals surface area (Å²) < 4.78 is 20.6. The fourth-order valence-electron chi connectivity index (χ4n) is 5.08. The number of hydrogen-bond acceptors (Lipinski definition) is 7. The van der Waals surface area contributed by atoms with Crippen molar-refractivity contribution in [3.63, 3.8) is 0 Å². The maximum Gasteiger partial charge on any atom is 0.138 e. The number of pyridine rings is 2. The number of halogens is 1. The van der Waals surface area contributed by atoms with Crippen molar-refractivity contribution in [2.75, 3.05) is 59.7 Å². The molecule has 6 rings (SSSR count). The molecule has 0 aliphatic heterocycles. The summed E-state index contributed by atoms with van der Waals surface area (Å²) in [4.78, 5) is 16.5. The monoisotopic (exact) mass is 578 g/mol. The van der Waals surface area contributed by atoms with Gasteiger partial charge in [-0.3, -0.25) is 15.1 Å². The predicted molar refractivity (Wildman–Crippen MR) is 171 cm³/mol. The normalized spacial score (nSPS) is 11.7. The molecular formula is C33H35FN8O. The molecule has 0 aliphatic carbocycles. The van der Waals surface area contributed by atoms with Gasteiger partial charge in [-0.1, -0.05) is 6.07 Å². The number of likely N-dealkylation sites (N-methyl/N-ethyl adjacent to an activating group) is 2. The standard InChI is InChI=1S/C33H35FN8O/c1-41(2)8-7-37-25-12-22(11-24(34)15-25)29-19-36-20-32-27(29)16-31(38-32)33-28-14-21(5-6-30(28)39-40-33)23-13-26(18-35-17-23)43-10-9-42(3)4/h5-6,11-20,37-38H,7-10H2,1-4H3,(H,39,40). The summed E-state index contributed by atoms with van der Waals surface area (Å²) in [5.41, 5.74) is 7.69. The Morgan fingerprint density at radius 1 is 0.791 bits per heavy atom. The smallest absolute Gasteiger partial charge is 0.138 e. The van der Waals surface area contributed by atoms with E-state index >= 15 is 0 Å².